The molecule has 1 aromatic carbocycles. The van der Waals surface area contributed by atoms with Crippen LogP contribution in [-0.2, 0) is 9.53 Å². The Morgan fingerprint density at radius 3 is 2.50 bits per heavy atom. The van der Waals surface area contributed by atoms with Crippen molar-refractivity contribution in [2.45, 2.75) is 33.2 Å². The third-order valence-electron chi connectivity index (χ3n) is 2.92. The Balaban J connectivity index is 2.84. The van der Waals surface area contributed by atoms with E-state index in [-0.39, 0.29) is 11.8 Å². The van der Waals surface area contributed by atoms with E-state index in [9.17, 15) is 9.59 Å². The highest BCUT2D eigenvalue weighted by Gasteiger charge is 2.23. The maximum atomic E-state index is 12.2. The van der Waals surface area contributed by atoms with Gasteiger partial charge in [0.05, 0.1) is 7.11 Å². The highest BCUT2D eigenvalue weighted by Crippen LogP contribution is 2.14. The summed E-state index contributed by atoms with van der Waals surface area (Å²) in [6.45, 7) is 5.94. The average molecular weight is 389 g/mol. The molecule has 1 unspecified atom stereocenters. The molecule has 1 amide bonds. The van der Waals surface area contributed by atoms with Crippen LogP contribution in [0.3, 0.4) is 0 Å². The van der Waals surface area contributed by atoms with Crippen molar-refractivity contribution in [3.05, 3.63) is 32.9 Å². The summed E-state index contributed by atoms with van der Waals surface area (Å²) in [6.07, 6.45) is 0.557. The fourth-order valence-corrected chi connectivity index (χ4v) is 2.19. The number of nitrogens with one attached hydrogen (secondary N) is 1. The molecule has 0 fully saturated rings. The summed E-state index contributed by atoms with van der Waals surface area (Å²) in [5, 5.41) is 2.75. The van der Waals surface area contributed by atoms with E-state index in [0.29, 0.717) is 12.0 Å². The first-order valence-corrected chi connectivity index (χ1v) is 7.57. The molecular formula is C15H20INO3. The molecule has 5 heteroatoms. The van der Waals surface area contributed by atoms with Crippen LogP contribution in [0.4, 0.5) is 0 Å². The van der Waals surface area contributed by atoms with Crippen LogP contribution in [0.5, 0.6) is 0 Å². The third-order valence-corrected chi connectivity index (χ3v) is 4.13. The number of carbonyl (C=O) groups excluding carboxylic acids is 2. The van der Waals surface area contributed by atoms with Crippen molar-refractivity contribution >= 4 is 34.5 Å². The van der Waals surface area contributed by atoms with Gasteiger partial charge in [-0.1, -0.05) is 13.8 Å². The monoisotopic (exact) mass is 389 g/mol. The Bertz CT molecular complexity index is 500. The first-order chi connectivity index (χ1) is 9.35. The second-order valence-corrected chi connectivity index (χ2v) is 6.30. The number of aryl methyl sites for hydroxylation is 1. The topological polar surface area (TPSA) is 55.4 Å². The van der Waals surface area contributed by atoms with E-state index in [4.69, 9.17) is 4.74 Å². The molecule has 0 spiro atoms. The smallest absolute Gasteiger partial charge is 0.328 e. The van der Waals surface area contributed by atoms with Gasteiger partial charge in [-0.2, -0.15) is 0 Å². The summed E-state index contributed by atoms with van der Waals surface area (Å²) in [7, 11) is 1.33. The summed E-state index contributed by atoms with van der Waals surface area (Å²) in [4.78, 5) is 23.9. The minimum atomic E-state index is -0.605. The normalized spacial score (nSPS) is 12.1. The summed E-state index contributed by atoms with van der Waals surface area (Å²) < 4.78 is 5.84. The number of benzene rings is 1. The van der Waals surface area contributed by atoms with Crippen LogP contribution >= 0.6 is 22.6 Å². The van der Waals surface area contributed by atoms with Crippen molar-refractivity contribution < 1.29 is 14.3 Å². The van der Waals surface area contributed by atoms with Gasteiger partial charge in [0.1, 0.15) is 6.04 Å². The lowest BCUT2D eigenvalue weighted by Crippen LogP contribution is -2.42. The first kappa shape index (κ1) is 16.9. The predicted molar refractivity (Wildman–Crippen MR) is 86.6 cm³/mol. The van der Waals surface area contributed by atoms with Gasteiger partial charge in [0.2, 0.25) is 0 Å². The highest BCUT2D eigenvalue weighted by atomic mass is 127. The van der Waals surface area contributed by atoms with Crippen molar-refractivity contribution in [1.29, 1.82) is 0 Å². The van der Waals surface area contributed by atoms with Gasteiger partial charge in [0.15, 0.2) is 0 Å². The Kier molecular flexibility index (Phi) is 6.45. The molecule has 0 aliphatic carbocycles. The highest BCUT2D eigenvalue weighted by molar-refractivity contribution is 14.1. The molecule has 0 aliphatic heterocycles. The van der Waals surface area contributed by atoms with Crippen LogP contribution in [0, 0.1) is 16.4 Å². The van der Waals surface area contributed by atoms with Gasteiger partial charge in [-0.05, 0) is 65.6 Å². The van der Waals surface area contributed by atoms with Gasteiger partial charge < -0.3 is 10.1 Å². The summed E-state index contributed by atoms with van der Waals surface area (Å²) in [5.74, 6) is -0.368. The van der Waals surface area contributed by atoms with Crippen LogP contribution in [-0.4, -0.2) is 25.0 Å². The lowest BCUT2D eigenvalue weighted by atomic mass is 10.0. The molecule has 4 nitrogen and oxygen atoms in total. The van der Waals surface area contributed by atoms with Gasteiger partial charge in [-0.25, -0.2) is 4.79 Å². The average Bonchev–Trinajstić information content (AvgIpc) is 2.39. The molecular weight excluding hydrogens is 369 g/mol. The summed E-state index contributed by atoms with van der Waals surface area (Å²) in [5.41, 5.74) is 1.59. The molecule has 0 heterocycles. The molecule has 20 heavy (non-hydrogen) atoms. The lowest BCUT2D eigenvalue weighted by Gasteiger charge is -2.18. The predicted octanol–water partition coefficient (Wildman–Crippen LogP) is 2.92. The quantitative estimate of drug-likeness (QED) is 0.623. The zero-order chi connectivity index (χ0) is 15.3. The lowest BCUT2D eigenvalue weighted by molar-refractivity contribution is -0.143. The van der Waals surface area contributed by atoms with Crippen molar-refractivity contribution in [1.82, 2.24) is 5.32 Å². The van der Waals surface area contributed by atoms with Gasteiger partial charge in [0, 0.05) is 9.13 Å². The van der Waals surface area contributed by atoms with E-state index in [1.807, 2.05) is 32.9 Å². The molecule has 1 aromatic rings. The maximum Gasteiger partial charge on any atom is 0.328 e. The molecule has 1 atom stereocenters. The molecule has 1 N–H and O–H groups in total. The number of amides is 1. The Morgan fingerprint density at radius 2 is 2.00 bits per heavy atom. The molecule has 1 rings (SSSR count). The summed E-state index contributed by atoms with van der Waals surface area (Å²) >= 11 is 2.22. The van der Waals surface area contributed by atoms with Crippen LogP contribution < -0.4 is 5.32 Å². The van der Waals surface area contributed by atoms with Crippen molar-refractivity contribution in [2.24, 2.45) is 5.92 Å². The van der Waals surface area contributed by atoms with Crippen LogP contribution in [0.15, 0.2) is 18.2 Å². The minimum absolute atomic E-state index is 0.249. The Labute approximate surface area is 133 Å². The number of hydrogen-bond acceptors (Lipinski definition) is 3. The van der Waals surface area contributed by atoms with E-state index >= 15 is 0 Å². The number of methoxy groups -OCH3 is 1. The fraction of sp³-hybridized carbons (Fsp3) is 0.467. The standard InChI is InChI=1S/C15H20INO3/c1-9(2)7-13(15(19)20-4)17-14(18)11-5-6-12(16)10(3)8-11/h5-6,8-9,13H,7H2,1-4H3,(H,17,18). The Hall–Kier alpha value is -1.11. The fourth-order valence-electron chi connectivity index (χ4n) is 1.86. The molecule has 0 aliphatic rings. The maximum absolute atomic E-state index is 12.2. The van der Waals surface area contributed by atoms with E-state index in [1.54, 1.807) is 6.07 Å². The molecule has 110 valence electrons. The van der Waals surface area contributed by atoms with Crippen LogP contribution in [0.25, 0.3) is 0 Å². The van der Waals surface area contributed by atoms with E-state index in [1.165, 1.54) is 7.11 Å². The molecule has 0 aromatic heterocycles. The zero-order valence-electron chi connectivity index (χ0n) is 12.2. The van der Waals surface area contributed by atoms with Crippen molar-refractivity contribution in [3.63, 3.8) is 0 Å². The van der Waals surface area contributed by atoms with Crippen LogP contribution in [0.2, 0.25) is 0 Å². The molecule has 0 saturated heterocycles. The Morgan fingerprint density at radius 1 is 1.35 bits per heavy atom. The second kappa shape index (κ2) is 7.61. The molecule has 0 radical (unpaired) electrons. The summed E-state index contributed by atoms with van der Waals surface area (Å²) in [6, 6.07) is 4.86. The molecule has 0 saturated carbocycles. The van der Waals surface area contributed by atoms with E-state index in [2.05, 4.69) is 27.9 Å². The zero-order valence-corrected chi connectivity index (χ0v) is 14.4. The number of esters is 1. The number of ether oxygens (including phenoxy) is 1. The molecule has 0 bridgehead atoms. The number of carbonyl (C=O) groups is 2. The van der Waals surface area contributed by atoms with E-state index in [0.717, 1.165) is 9.13 Å². The third kappa shape index (κ3) is 4.77. The number of halogens is 1. The van der Waals surface area contributed by atoms with Gasteiger partial charge in [-0.3, -0.25) is 4.79 Å². The van der Waals surface area contributed by atoms with Gasteiger partial charge in [-0.15, -0.1) is 0 Å². The van der Waals surface area contributed by atoms with Crippen molar-refractivity contribution in [3.8, 4) is 0 Å². The number of hydrogen-bond donors (Lipinski definition) is 1. The van der Waals surface area contributed by atoms with Crippen LogP contribution in [0.1, 0.15) is 36.2 Å². The van der Waals surface area contributed by atoms with Gasteiger partial charge >= 0.3 is 5.97 Å². The largest absolute Gasteiger partial charge is 0.467 e. The SMILES string of the molecule is COC(=O)C(CC(C)C)NC(=O)c1ccc(I)c(C)c1. The van der Waals surface area contributed by atoms with Gasteiger partial charge in [0.25, 0.3) is 5.91 Å². The second-order valence-electron chi connectivity index (χ2n) is 5.14. The van der Waals surface area contributed by atoms with E-state index < -0.39 is 12.0 Å². The first-order valence-electron chi connectivity index (χ1n) is 6.50. The number of rotatable bonds is 5. The minimum Gasteiger partial charge on any atom is -0.467 e. The van der Waals surface area contributed by atoms with Crippen molar-refractivity contribution in [2.75, 3.05) is 7.11 Å².